The highest BCUT2D eigenvalue weighted by Crippen LogP contribution is 2.34. The van der Waals surface area contributed by atoms with Crippen LogP contribution in [0.3, 0.4) is 0 Å². The van der Waals surface area contributed by atoms with E-state index < -0.39 is 0 Å². The number of hydrogen-bond donors (Lipinski definition) is 1. The van der Waals surface area contributed by atoms with Crippen molar-refractivity contribution in [3.05, 3.63) is 24.2 Å². The van der Waals surface area contributed by atoms with Crippen LogP contribution in [0.2, 0.25) is 0 Å². The molecule has 1 aliphatic carbocycles. The second-order valence-corrected chi connectivity index (χ2v) is 5.14. The van der Waals surface area contributed by atoms with Crippen molar-refractivity contribution in [3.63, 3.8) is 0 Å². The molecule has 18 heavy (non-hydrogen) atoms. The van der Waals surface area contributed by atoms with E-state index in [0.29, 0.717) is 5.92 Å². The monoisotopic (exact) mass is 251 g/mol. The Morgan fingerprint density at radius 3 is 2.72 bits per heavy atom. The highest BCUT2D eigenvalue weighted by molar-refractivity contribution is 5.14. The van der Waals surface area contributed by atoms with Crippen molar-refractivity contribution >= 4 is 0 Å². The van der Waals surface area contributed by atoms with Gasteiger partial charge >= 0.3 is 0 Å². The van der Waals surface area contributed by atoms with E-state index in [0.717, 1.165) is 6.61 Å². The fourth-order valence-corrected chi connectivity index (χ4v) is 3.13. The number of hydrogen-bond acceptors (Lipinski definition) is 3. The van der Waals surface area contributed by atoms with Crippen LogP contribution in [0.25, 0.3) is 0 Å². The van der Waals surface area contributed by atoms with Crippen LogP contribution in [-0.2, 0) is 4.74 Å². The summed E-state index contributed by atoms with van der Waals surface area (Å²) in [4.78, 5) is 0. The van der Waals surface area contributed by atoms with Crippen LogP contribution >= 0.6 is 0 Å². The lowest BCUT2D eigenvalue weighted by atomic mass is 9.81. The van der Waals surface area contributed by atoms with Crippen molar-refractivity contribution in [2.75, 3.05) is 13.7 Å². The normalized spacial score (nSPS) is 20.8. The molecule has 0 bridgehead atoms. The first-order chi connectivity index (χ1) is 8.86. The molecular weight excluding hydrogens is 226 g/mol. The van der Waals surface area contributed by atoms with Crippen molar-refractivity contribution in [1.82, 2.24) is 5.32 Å². The first-order valence-corrected chi connectivity index (χ1v) is 7.17. The maximum Gasteiger partial charge on any atom is 0.0951 e. The number of furan rings is 1. The number of nitrogens with one attached hydrogen (secondary N) is 1. The molecule has 0 aromatic carbocycles. The van der Waals surface area contributed by atoms with E-state index in [-0.39, 0.29) is 12.1 Å². The molecule has 3 nitrogen and oxygen atoms in total. The minimum atomic E-state index is 0.242. The van der Waals surface area contributed by atoms with E-state index in [1.165, 1.54) is 37.7 Å². The Kier molecular flexibility index (Phi) is 5.26. The Labute approximate surface area is 110 Å². The van der Waals surface area contributed by atoms with Crippen molar-refractivity contribution < 1.29 is 9.15 Å². The molecule has 1 aromatic rings. The van der Waals surface area contributed by atoms with Gasteiger partial charge in [0.05, 0.1) is 24.7 Å². The minimum Gasteiger partial charge on any atom is -0.472 e. The van der Waals surface area contributed by atoms with Crippen LogP contribution < -0.4 is 5.32 Å². The maximum atomic E-state index is 6.05. The zero-order valence-electron chi connectivity index (χ0n) is 11.5. The molecule has 2 unspecified atom stereocenters. The van der Waals surface area contributed by atoms with Crippen molar-refractivity contribution in [1.29, 1.82) is 0 Å². The van der Waals surface area contributed by atoms with E-state index >= 15 is 0 Å². The fraction of sp³-hybridized carbons (Fsp3) is 0.733. The minimum absolute atomic E-state index is 0.242. The third-order valence-corrected chi connectivity index (χ3v) is 4.02. The van der Waals surface area contributed by atoms with Crippen LogP contribution in [0, 0.1) is 5.92 Å². The average Bonchev–Trinajstić information content (AvgIpc) is 2.94. The summed E-state index contributed by atoms with van der Waals surface area (Å²) < 4.78 is 11.3. The van der Waals surface area contributed by atoms with Gasteiger partial charge in [0.2, 0.25) is 0 Å². The summed E-state index contributed by atoms with van der Waals surface area (Å²) >= 11 is 0. The standard InChI is InChI=1S/C15H25NO2/c1-3-18-15(12-7-5-4-6-8-12)14(16-2)13-9-10-17-11-13/h9-12,14-16H,3-8H2,1-2H3. The van der Waals surface area contributed by atoms with Crippen molar-refractivity contribution in [2.24, 2.45) is 5.92 Å². The number of ether oxygens (including phenoxy) is 1. The predicted molar refractivity (Wildman–Crippen MR) is 72.5 cm³/mol. The smallest absolute Gasteiger partial charge is 0.0951 e. The molecule has 1 heterocycles. The van der Waals surface area contributed by atoms with Crippen LogP contribution in [-0.4, -0.2) is 19.8 Å². The van der Waals surface area contributed by atoms with Gasteiger partial charge in [0, 0.05) is 12.2 Å². The van der Waals surface area contributed by atoms with Gasteiger partial charge in [-0.05, 0) is 38.8 Å². The van der Waals surface area contributed by atoms with Gasteiger partial charge in [0.15, 0.2) is 0 Å². The van der Waals surface area contributed by atoms with E-state index in [2.05, 4.69) is 12.2 Å². The lowest BCUT2D eigenvalue weighted by Crippen LogP contribution is -2.38. The molecule has 1 fully saturated rings. The zero-order chi connectivity index (χ0) is 12.8. The summed E-state index contributed by atoms with van der Waals surface area (Å²) in [5.41, 5.74) is 1.20. The summed E-state index contributed by atoms with van der Waals surface area (Å²) in [6, 6.07) is 2.28. The second kappa shape index (κ2) is 6.95. The molecule has 0 saturated heterocycles. The highest BCUT2D eigenvalue weighted by atomic mass is 16.5. The highest BCUT2D eigenvalue weighted by Gasteiger charge is 2.31. The van der Waals surface area contributed by atoms with Crippen LogP contribution in [0.5, 0.6) is 0 Å². The molecule has 2 atom stereocenters. The summed E-state index contributed by atoms with van der Waals surface area (Å²) in [5, 5.41) is 3.40. The molecule has 0 amide bonds. The van der Waals surface area contributed by atoms with Gasteiger partial charge in [-0.2, -0.15) is 0 Å². The summed E-state index contributed by atoms with van der Waals surface area (Å²) in [6.07, 6.45) is 10.5. The largest absolute Gasteiger partial charge is 0.472 e. The first-order valence-electron chi connectivity index (χ1n) is 7.17. The van der Waals surface area contributed by atoms with Gasteiger partial charge < -0.3 is 14.5 Å². The molecular formula is C15H25NO2. The Morgan fingerprint density at radius 2 is 2.17 bits per heavy atom. The third-order valence-electron chi connectivity index (χ3n) is 4.02. The van der Waals surface area contributed by atoms with E-state index in [9.17, 15) is 0 Å². The molecule has 1 N–H and O–H groups in total. The molecule has 3 heteroatoms. The van der Waals surface area contributed by atoms with E-state index in [1.807, 2.05) is 19.4 Å². The molecule has 0 radical (unpaired) electrons. The lowest BCUT2D eigenvalue weighted by Gasteiger charge is -2.35. The van der Waals surface area contributed by atoms with Crippen LogP contribution in [0.1, 0.15) is 50.6 Å². The third kappa shape index (κ3) is 3.15. The van der Waals surface area contributed by atoms with Crippen molar-refractivity contribution in [2.45, 2.75) is 51.2 Å². The quantitative estimate of drug-likeness (QED) is 0.840. The molecule has 102 valence electrons. The Hall–Kier alpha value is -0.800. The fourth-order valence-electron chi connectivity index (χ4n) is 3.13. The second-order valence-electron chi connectivity index (χ2n) is 5.14. The molecule has 2 rings (SSSR count). The molecule has 1 aliphatic rings. The molecule has 1 saturated carbocycles. The van der Waals surface area contributed by atoms with Gasteiger partial charge in [0.25, 0.3) is 0 Å². The molecule has 0 spiro atoms. The van der Waals surface area contributed by atoms with Gasteiger partial charge in [-0.25, -0.2) is 0 Å². The van der Waals surface area contributed by atoms with Gasteiger partial charge in [0.1, 0.15) is 0 Å². The Morgan fingerprint density at radius 1 is 1.39 bits per heavy atom. The summed E-state index contributed by atoms with van der Waals surface area (Å²) in [5.74, 6) is 0.672. The first kappa shape index (κ1) is 13.6. The topological polar surface area (TPSA) is 34.4 Å². The average molecular weight is 251 g/mol. The predicted octanol–water partition coefficient (Wildman–Crippen LogP) is 3.53. The van der Waals surface area contributed by atoms with Gasteiger partial charge in [-0.15, -0.1) is 0 Å². The zero-order valence-corrected chi connectivity index (χ0v) is 11.5. The van der Waals surface area contributed by atoms with Crippen LogP contribution in [0.15, 0.2) is 23.0 Å². The number of rotatable bonds is 6. The van der Waals surface area contributed by atoms with E-state index in [4.69, 9.17) is 9.15 Å². The molecule has 1 aromatic heterocycles. The lowest BCUT2D eigenvalue weighted by molar-refractivity contribution is -0.0168. The van der Waals surface area contributed by atoms with Crippen LogP contribution in [0.4, 0.5) is 0 Å². The van der Waals surface area contributed by atoms with E-state index in [1.54, 1.807) is 6.26 Å². The van der Waals surface area contributed by atoms with Gasteiger partial charge in [-0.1, -0.05) is 19.3 Å². The molecule has 0 aliphatic heterocycles. The summed E-state index contributed by atoms with van der Waals surface area (Å²) in [7, 11) is 2.01. The maximum absolute atomic E-state index is 6.05. The van der Waals surface area contributed by atoms with Gasteiger partial charge in [-0.3, -0.25) is 0 Å². The van der Waals surface area contributed by atoms with Crippen molar-refractivity contribution in [3.8, 4) is 0 Å². The Balaban J connectivity index is 2.11. The number of likely N-dealkylation sites (N-methyl/N-ethyl adjacent to an activating group) is 1. The SMILES string of the molecule is CCOC(C1CCCCC1)C(NC)c1ccoc1. The summed E-state index contributed by atoms with van der Waals surface area (Å²) in [6.45, 7) is 2.86. The Bertz CT molecular complexity index is 317.